The summed E-state index contributed by atoms with van der Waals surface area (Å²) in [7, 11) is 0. The number of aromatic nitrogens is 3. The third-order valence-electron chi connectivity index (χ3n) is 3.85. The molecule has 3 aromatic heterocycles. The van der Waals surface area contributed by atoms with Crippen LogP contribution in [-0.2, 0) is 0 Å². The molecule has 1 aliphatic heterocycles. The third kappa shape index (κ3) is 2.58. The Balaban J connectivity index is 1.73. The summed E-state index contributed by atoms with van der Waals surface area (Å²) in [6.07, 6.45) is 4.94. The van der Waals surface area contributed by atoms with E-state index in [2.05, 4.69) is 32.1 Å². The molecule has 0 aliphatic carbocycles. The molecular formula is C16H14BrN5O2. The minimum atomic E-state index is -0.0566. The lowest BCUT2D eigenvalue weighted by Gasteiger charge is -2.23. The van der Waals surface area contributed by atoms with E-state index in [1.54, 1.807) is 29.2 Å². The zero-order valence-electron chi connectivity index (χ0n) is 12.6. The summed E-state index contributed by atoms with van der Waals surface area (Å²) in [5.41, 5.74) is 7.07. The maximum Gasteiger partial charge on any atom is 0.254 e. The van der Waals surface area contributed by atoms with E-state index in [4.69, 9.17) is 10.2 Å². The molecule has 2 N–H and O–H groups in total. The number of furan rings is 1. The molecule has 7 nitrogen and oxygen atoms in total. The predicted molar refractivity (Wildman–Crippen MR) is 92.5 cm³/mol. The summed E-state index contributed by atoms with van der Waals surface area (Å²) in [5.74, 6) is 1.24. The number of carbonyl (C=O) groups excluding carboxylic acids is 1. The number of hydrogen-bond donors (Lipinski definition) is 1. The van der Waals surface area contributed by atoms with E-state index in [1.807, 2.05) is 6.08 Å². The van der Waals surface area contributed by atoms with Crippen molar-refractivity contribution in [2.24, 2.45) is 0 Å². The summed E-state index contributed by atoms with van der Waals surface area (Å²) in [6, 6.07) is 6.86. The predicted octanol–water partition coefficient (Wildman–Crippen LogP) is 2.74. The van der Waals surface area contributed by atoms with E-state index in [-0.39, 0.29) is 5.91 Å². The van der Waals surface area contributed by atoms with Gasteiger partial charge in [0.05, 0.1) is 0 Å². The average molecular weight is 388 g/mol. The Labute approximate surface area is 145 Å². The van der Waals surface area contributed by atoms with Crippen LogP contribution < -0.4 is 5.73 Å². The van der Waals surface area contributed by atoms with Gasteiger partial charge in [-0.15, -0.1) is 5.10 Å². The number of hydrogen-bond acceptors (Lipinski definition) is 5. The Bertz CT molecular complexity index is 959. The van der Waals surface area contributed by atoms with Crippen molar-refractivity contribution in [2.75, 3.05) is 18.8 Å². The van der Waals surface area contributed by atoms with Gasteiger partial charge < -0.3 is 15.1 Å². The van der Waals surface area contributed by atoms with Gasteiger partial charge in [-0.25, -0.2) is 4.98 Å². The van der Waals surface area contributed by atoms with Crippen molar-refractivity contribution >= 4 is 33.3 Å². The average Bonchev–Trinajstić information content (AvgIpc) is 3.21. The van der Waals surface area contributed by atoms with E-state index in [1.165, 1.54) is 4.52 Å². The standard InChI is InChI=1S/C16H14BrN5O2/c17-12-5-4-11(24-12)15-19-14-9-10(8-13(18)22(14)20-15)16(23)21-6-2-1-3-7-21/h1-2,4-5,8-9H,3,6-7,18H2. The summed E-state index contributed by atoms with van der Waals surface area (Å²) < 4.78 is 7.56. The van der Waals surface area contributed by atoms with E-state index in [9.17, 15) is 4.79 Å². The number of carbonyl (C=O) groups is 1. The molecule has 8 heteroatoms. The minimum absolute atomic E-state index is 0.0566. The van der Waals surface area contributed by atoms with Crippen LogP contribution in [-0.4, -0.2) is 38.5 Å². The van der Waals surface area contributed by atoms with Crippen molar-refractivity contribution in [3.8, 4) is 11.6 Å². The van der Waals surface area contributed by atoms with E-state index in [0.717, 1.165) is 6.42 Å². The highest BCUT2D eigenvalue weighted by Gasteiger charge is 2.19. The number of amides is 1. The molecule has 4 heterocycles. The van der Waals surface area contributed by atoms with Crippen molar-refractivity contribution in [1.82, 2.24) is 19.5 Å². The van der Waals surface area contributed by atoms with E-state index < -0.39 is 0 Å². The van der Waals surface area contributed by atoms with Gasteiger partial charge in [0.2, 0.25) is 5.82 Å². The molecular weight excluding hydrogens is 374 g/mol. The zero-order valence-corrected chi connectivity index (χ0v) is 14.2. The first-order chi connectivity index (χ1) is 11.6. The second-order valence-electron chi connectivity index (χ2n) is 5.49. The fourth-order valence-corrected chi connectivity index (χ4v) is 2.99. The van der Waals surface area contributed by atoms with Gasteiger partial charge in [0, 0.05) is 18.7 Å². The molecule has 1 amide bonds. The maximum atomic E-state index is 12.6. The van der Waals surface area contributed by atoms with Crippen molar-refractivity contribution in [2.45, 2.75) is 6.42 Å². The summed E-state index contributed by atoms with van der Waals surface area (Å²) in [5, 5.41) is 4.34. The molecule has 0 saturated heterocycles. The second kappa shape index (κ2) is 5.79. The highest BCUT2D eigenvalue weighted by Crippen LogP contribution is 2.24. The highest BCUT2D eigenvalue weighted by molar-refractivity contribution is 9.10. The van der Waals surface area contributed by atoms with Crippen molar-refractivity contribution in [3.63, 3.8) is 0 Å². The largest absolute Gasteiger partial charge is 0.446 e. The van der Waals surface area contributed by atoms with Crippen molar-refractivity contribution < 1.29 is 9.21 Å². The molecule has 0 bridgehead atoms. The fourth-order valence-electron chi connectivity index (χ4n) is 2.68. The third-order valence-corrected chi connectivity index (χ3v) is 4.28. The lowest BCUT2D eigenvalue weighted by molar-refractivity contribution is 0.0771. The molecule has 0 unspecified atom stereocenters. The Hall–Kier alpha value is -2.61. The normalized spacial score (nSPS) is 14.5. The minimum Gasteiger partial charge on any atom is -0.446 e. The van der Waals surface area contributed by atoms with Gasteiger partial charge in [0.25, 0.3) is 5.91 Å². The molecule has 122 valence electrons. The number of anilines is 1. The molecule has 0 saturated carbocycles. The van der Waals surface area contributed by atoms with Crippen LogP contribution in [0.4, 0.5) is 5.82 Å². The highest BCUT2D eigenvalue weighted by atomic mass is 79.9. The van der Waals surface area contributed by atoms with Gasteiger partial charge in [0.15, 0.2) is 16.1 Å². The van der Waals surface area contributed by atoms with E-state index in [0.29, 0.717) is 46.4 Å². The smallest absolute Gasteiger partial charge is 0.254 e. The molecule has 4 rings (SSSR count). The van der Waals surface area contributed by atoms with Gasteiger partial charge in [-0.1, -0.05) is 12.2 Å². The number of nitrogens with two attached hydrogens (primary N) is 1. The molecule has 3 aromatic rings. The monoisotopic (exact) mass is 387 g/mol. The van der Waals surface area contributed by atoms with Gasteiger partial charge in [0.1, 0.15) is 5.82 Å². The van der Waals surface area contributed by atoms with Gasteiger partial charge in [-0.3, -0.25) is 4.79 Å². The molecule has 0 aromatic carbocycles. The number of nitrogen functional groups attached to an aromatic ring is 1. The van der Waals surface area contributed by atoms with Crippen LogP contribution in [0.1, 0.15) is 16.8 Å². The summed E-state index contributed by atoms with van der Waals surface area (Å²) in [4.78, 5) is 18.8. The summed E-state index contributed by atoms with van der Waals surface area (Å²) >= 11 is 3.25. The first kappa shape index (κ1) is 14.9. The first-order valence-electron chi connectivity index (χ1n) is 7.48. The van der Waals surface area contributed by atoms with Gasteiger partial charge >= 0.3 is 0 Å². The topological polar surface area (TPSA) is 89.7 Å². The molecule has 0 atom stereocenters. The zero-order chi connectivity index (χ0) is 16.7. The molecule has 24 heavy (non-hydrogen) atoms. The van der Waals surface area contributed by atoms with Crippen LogP contribution in [0.25, 0.3) is 17.2 Å². The maximum absolute atomic E-state index is 12.6. The molecule has 0 radical (unpaired) electrons. The Morgan fingerprint density at radius 2 is 2.17 bits per heavy atom. The fraction of sp³-hybridized carbons (Fsp3) is 0.188. The van der Waals surface area contributed by atoms with Crippen molar-refractivity contribution in [1.29, 1.82) is 0 Å². The Morgan fingerprint density at radius 3 is 2.88 bits per heavy atom. The van der Waals surface area contributed by atoms with Gasteiger partial charge in [-0.2, -0.15) is 4.52 Å². The van der Waals surface area contributed by atoms with Crippen LogP contribution in [0.3, 0.4) is 0 Å². The number of pyridine rings is 1. The van der Waals surface area contributed by atoms with Crippen LogP contribution in [0, 0.1) is 0 Å². The number of rotatable bonds is 2. The molecule has 1 aliphatic rings. The second-order valence-corrected chi connectivity index (χ2v) is 6.27. The van der Waals surface area contributed by atoms with Crippen LogP contribution >= 0.6 is 15.9 Å². The van der Waals surface area contributed by atoms with Crippen LogP contribution in [0.5, 0.6) is 0 Å². The lowest BCUT2D eigenvalue weighted by atomic mass is 10.2. The van der Waals surface area contributed by atoms with Crippen LogP contribution in [0.15, 0.2) is 45.5 Å². The summed E-state index contributed by atoms with van der Waals surface area (Å²) in [6.45, 7) is 1.32. The van der Waals surface area contributed by atoms with Crippen LogP contribution in [0.2, 0.25) is 0 Å². The quantitative estimate of drug-likeness (QED) is 0.682. The van der Waals surface area contributed by atoms with Crippen molar-refractivity contribution in [3.05, 3.63) is 46.7 Å². The van der Waals surface area contributed by atoms with Gasteiger partial charge in [-0.05, 0) is 46.6 Å². The first-order valence-corrected chi connectivity index (χ1v) is 8.27. The molecule has 0 fully saturated rings. The SMILES string of the molecule is Nc1cc(C(=O)N2CC=CCC2)cc2nc(-c3ccc(Br)o3)nn12. The number of halogens is 1. The van der Waals surface area contributed by atoms with E-state index >= 15 is 0 Å². The number of nitrogens with zero attached hydrogens (tertiary/aromatic N) is 4. The molecule has 0 spiro atoms. The Kier molecular flexibility index (Phi) is 3.61. The Morgan fingerprint density at radius 1 is 1.29 bits per heavy atom. The lowest BCUT2D eigenvalue weighted by Crippen LogP contribution is -2.33. The number of fused-ring (bicyclic) bond motifs is 1.